The zero-order valence-corrected chi connectivity index (χ0v) is 12.7. The van der Waals surface area contributed by atoms with Crippen LogP contribution in [0.5, 0.6) is 0 Å². The molecule has 0 atom stereocenters. The molecule has 0 aromatic heterocycles. The molecule has 1 aliphatic rings. The second kappa shape index (κ2) is 5.00. The minimum atomic E-state index is -4.00. The molecule has 2 rings (SSSR count). The quantitative estimate of drug-likeness (QED) is 0.868. The van der Waals surface area contributed by atoms with Gasteiger partial charge in [0.25, 0.3) is 15.0 Å². The van der Waals surface area contributed by atoms with Crippen LogP contribution in [0.25, 0.3) is 0 Å². The van der Waals surface area contributed by atoms with Gasteiger partial charge in [-0.25, -0.2) is 12.8 Å². The summed E-state index contributed by atoms with van der Waals surface area (Å²) in [5.74, 6) is -1.35. The molecule has 0 heterocycles. The summed E-state index contributed by atoms with van der Waals surface area (Å²) in [5, 5.41) is 2.63. The van der Waals surface area contributed by atoms with Crippen molar-refractivity contribution in [1.29, 1.82) is 0 Å². The molecule has 0 aliphatic heterocycles. The summed E-state index contributed by atoms with van der Waals surface area (Å²) in [6.07, 6.45) is 2.04. The first kappa shape index (κ1) is 15.3. The highest BCUT2D eigenvalue weighted by molar-refractivity contribution is 8.13. The summed E-state index contributed by atoms with van der Waals surface area (Å²) in [6.45, 7) is 3.86. The van der Waals surface area contributed by atoms with Gasteiger partial charge >= 0.3 is 0 Å². The van der Waals surface area contributed by atoms with Crippen molar-refractivity contribution in [3.05, 3.63) is 29.1 Å². The molecule has 0 spiro atoms. The first-order valence-electron chi connectivity index (χ1n) is 6.15. The van der Waals surface area contributed by atoms with E-state index in [9.17, 15) is 17.6 Å². The highest BCUT2D eigenvalue weighted by Crippen LogP contribution is 2.44. The number of rotatable bonds is 4. The van der Waals surface area contributed by atoms with Crippen LogP contribution >= 0.6 is 10.7 Å². The van der Waals surface area contributed by atoms with Gasteiger partial charge in [0.05, 0.1) is 10.5 Å². The van der Waals surface area contributed by atoms with Crippen LogP contribution in [0.1, 0.15) is 35.7 Å². The fourth-order valence-corrected chi connectivity index (χ4v) is 2.66. The summed E-state index contributed by atoms with van der Waals surface area (Å²) >= 11 is 0. The van der Waals surface area contributed by atoms with Crippen LogP contribution in [0.3, 0.4) is 0 Å². The molecule has 110 valence electrons. The van der Waals surface area contributed by atoms with Crippen molar-refractivity contribution < 1.29 is 17.6 Å². The van der Waals surface area contributed by atoms with E-state index in [0.29, 0.717) is 6.54 Å². The maximum Gasteiger partial charge on any atom is 0.261 e. The third-order valence-corrected chi connectivity index (χ3v) is 4.87. The van der Waals surface area contributed by atoms with E-state index in [-0.39, 0.29) is 21.4 Å². The number of benzene rings is 1. The largest absolute Gasteiger partial charge is 0.351 e. The maximum absolute atomic E-state index is 14.0. The van der Waals surface area contributed by atoms with Crippen molar-refractivity contribution >= 4 is 25.6 Å². The lowest BCUT2D eigenvalue weighted by Gasteiger charge is -2.12. The van der Waals surface area contributed by atoms with Crippen molar-refractivity contribution in [3.63, 3.8) is 0 Å². The molecule has 0 unspecified atom stereocenters. The lowest BCUT2D eigenvalue weighted by atomic mass is 10.1. The van der Waals surface area contributed by atoms with Crippen molar-refractivity contribution in [2.75, 3.05) is 6.54 Å². The Morgan fingerprint density at radius 2 is 2.05 bits per heavy atom. The molecule has 0 saturated heterocycles. The topological polar surface area (TPSA) is 63.2 Å². The van der Waals surface area contributed by atoms with Crippen LogP contribution in [0, 0.1) is 18.2 Å². The Hall–Kier alpha value is -1.14. The molecule has 0 radical (unpaired) electrons. The van der Waals surface area contributed by atoms with E-state index in [1.807, 2.05) is 6.92 Å². The highest BCUT2D eigenvalue weighted by Gasteiger charge is 2.37. The predicted octanol–water partition coefficient (Wildman–Crippen LogP) is 2.59. The van der Waals surface area contributed by atoms with Gasteiger partial charge in [-0.15, -0.1) is 0 Å². The van der Waals surface area contributed by atoms with Gasteiger partial charge in [-0.1, -0.05) is 6.92 Å². The van der Waals surface area contributed by atoms with Gasteiger partial charge in [0.1, 0.15) is 5.82 Å². The Balaban J connectivity index is 2.30. The van der Waals surface area contributed by atoms with Crippen LogP contribution in [0.4, 0.5) is 4.39 Å². The first-order chi connectivity index (χ1) is 9.12. The number of carbonyl (C=O) groups is 1. The monoisotopic (exact) mass is 319 g/mol. The van der Waals surface area contributed by atoms with E-state index in [2.05, 4.69) is 5.32 Å². The fourth-order valence-electron chi connectivity index (χ4n) is 1.82. The number of halogens is 2. The Labute approximate surface area is 121 Å². The molecule has 4 nitrogen and oxygen atoms in total. The van der Waals surface area contributed by atoms with Crippen LogP contribution in [-0.2, 0) is 9.05 Å². The van der Waals surface area contributed by atoms with Gasteiger partial charge in [0.15, 0.2) is 0 Å². The normalized spacial score (nSPS) is 16.8. The van der Waals surface area contributed by atoms with E-state index in [0.717, 1.165) is 25.0 Å². The average Bonchev–Trinajstić information content (AvgIpc) is 3.07. The lowest BCUT2D eigenvalue weighted by molar-refractivity contribution is 0.0941. The summed E-state index contributed by atoms with van der Waals surface area (Å²) in [6, 6.07) is 2.08. The maximum atomic E-state index is 14.0. The smallest absolute Gasteiger partial charge is 0.261 e. The number of nitrogens with one attached hydrogen (secondary N) is 1. The molecule has 7 heteroatoms. The summed E-state index contributed by atoms with van der Waals surface area (Å²) in [4.78, 5) is 11.7. The molecule has 1 aromatic rings. The van der Waals surface area contributed by atoms with Crippen LogP contribution in [0.15, 0.2) is 17.0 Å². The third kappa shape index (κ3) is 3.30. The molecular formula is C13H15ClFNO3S. The molecule has 1 saturated carbocycles. The summed E-state index contributed by atoms with van der Waals surface area (Å²) < 4.78 is 36.6. The number of aryl methyl sites for hydroxylation is 1. The number of hydrogen-bond acceptors (Lipinski definition) is 3. The Bertz CT molecular complexity index is 668. The van der Waals surface area contributed by atoms with Gasteiger partial charge in [0, 0.05) is 17.2 Å². The van der Waals surface area contributed by atoms with Crippen molar-refractivity contribution in [1.82, 2.24) is 5.32 Å². The van der Waals surface area contributed by atoms with Crippen LogP contribution < -0.4 is 5.32 Å². The van der Waals surface area contributed by atoms with Crippen molar-refractivity contribution in [3.8, 4) is 0 Å². The van der Waals surface area contributed by atoms with Crippen LogP contribution in [0.2, 0.25) is 0 Å². The number of hydrogen-bond donors (Lipinski definition) is 1. The van der Waals surface area contributed by atoms with Gasteiger partial charge in [-0.3, -0.25) is 4.79 Å². The third-order valence-electron chi connectivity index (χ3n) is 3.53. The summed E-state index contributed by atoms with van der Waals surface area (Å²) in [7, 11) is 1.23. The van der Waals surface area contributed by atoms with E-state index >= 15 is 0 Å². The zero-order valence-electron chi connectivity index (χ0n) is 11.2. The lowest BCUT2D eigenvalue weighted by Crippen LogP contribution is -2.30. The second-order valence-electron chi connectivity index (χ2n) is 5.53. The molecule has 1 aliphatic carbocycles. The van der Waals surface area contributed by atoms with E-state index in [4.69, 9.17) is 10.7 Å². The number of amides is 1. The minimum Gasteiger partial charge on any atom is -0.351 e. The highest BCUT2D eigenvalue weighted by atomic mass is 35.7. The zero-order chi connectivity index (χ0) is 15.1. The molecule has 1 fully saturated rings. The Morgan fingerprint density at radius 3 is 2.55 bits per heavy atom. The van der Waals surface area contributed by atoms with E-state index in [1.165, 1.54) is 6.92 Å². The molecule has 0 bridgehead atoms. The standard InChI is InChI=1S/C13H15ClFNO3S/c1-8-5-9(20(14,18)19)6-10(11(8)15)12(17)16-7-13(2)3-4-13/h5-6H,3-4,7H2,1-2H3,(H,16,17). The Kier molecular flexibility index (Phi) is 3.81. The second-order valence-corrected chi connectivity index (χ2v) is 8.10. The van der Waals surface area contributed by atoms with Gasteiger partial charge in [-0.2, -0.15) is 0 Å². The average molecular weight is 320 g/mol. The summed E-state index contributed by atoms with van der Waals surface area (Å²) in [5.41, 5.74) is -0.153. The minimum absolute atomic E-state index is 0.0644. The van der Waals surface area contributed by atoms with Crippen molar-refractivity contribution in [2.45, 2.75) is 31.6 Å². The van der Waals surface area contributed by atoms with Crippen LogP contribution in [-0.4, -0.2) is 20.9 Å². The molecule has 1 N–H and O–H groups in total. The first-order valence-corrected chi connectivity index (χ1v) is 8.46. The molecule has 1 amide bonds. The van der Waals surface area contributed by atoms with Gasteiger partial charge in [-0.05, 0) is 42.9 Å². The van der Waals surface area contributed by atoms with Gasteiger partial charge in [0.2, 0.25) is 0 Å². The van der Waals surface area contributed by atoms with E-state index in [1.54, 1.807) is 0 Å². The molecular weight excluding hydrogens is 305 g/mol. The van der Waals surface area contributed by atoms with Gasteiger partial charge < -0.3 is 5.32 Å². The molecule has 20 heavy (non-hydrogen) atoms. The van der Waals surface area contributed by atoms with E-state index < -0.39 is 20.8 Å². The number of carbonyl (C=O) groups excluding carboxylic acids is 1. The van der Waals surface area contributed by atoms with Crippen molar-refractivity contribution in [2.24, 2.45) is 5.41 Å². The molecule has 1 aromatic carbocycles. The predicted molar refractivity (Wildman–Crippen MR) is 73.9 cm³/mol. The SMILES string of the molecule is Cc1cc(S(=O)(=O)Cl)cc(C(=O)NCC2(C)CC2)c1F. The Morgan fingerprint density at radius 1 is 1.45 bits per heavy atom. The fraction of sp³-hybridized carbons (Fsp3) is 0.462.